The standard InChI is InChI=1S/C17H21NO3/c1-4-18(12(2)11-19)17(20)15-10-13(3)21-16(15)14-8-6-5-7-9-14/h5-10,12,19H,4,11H2,1-3H3/t12-/m0/s1. The molecule has 1 heterocycles. The monoisotopic (exact) mass is 287 g/mol. The molecule has 0 saturated heterocycles. The van der Waals surface area contributed by atoms with Gasteiger partial charge in [-0.3, -0.25) is 4.79 Å². The lowest BCUT2D eigenvalue weighted by Crippen LogP contribution is -2.40. The maximum atomic E-state index is 12.7. The minimum Gasteiger partial charge on any atom is -0.461 e. The molecular formula is C17H21NO3. The first-order valence-electron chi connectivity index (χ1n) is 7.16. The van der Waals surface area contributed by atoms with Gasteiger partial charge in [-0.15, -0.1) is 0 Å². The van der Waals surface area contributed by atoms with E-state index >= 15 is 0 Å². The Morgan fingerprint density at radius 2 is 2.00 bits per heavy atom. The third-order valence-electron chi connectivity index (χ3n) is 3.52. The van der Waals surface area contributed by atoms with Crippen molar-refractivity contribution in [2.24, 2.45) is 0 Å². The highest BCUT2D eigenvalue weighted by Crippen LogP contribution is 2.28. The normalized spacial score (nSPS) is 12.2. The molecule has 4 nitrogen and oxygen atoms in total. The highest BCUT2D eigenvalue weighted by Gasteiger charge is 2.25. The summed E-state index contributed by atoms with van der Waals surface area (Å²) in [5.41, 5.74) is 1.42. The summed E-state index contributed by atoms with van der Waals surface area (Å²) in [4.78, 5) is 14.4. The second-order valence-electron chi connectivity index (χ2n) is 5.09. The third kappa shape index (κ3) is 3.16. The number of amides is 1. The third-order valence-corrected chi connectivity index (χ3v) is 3.52. The zero-order valence-corrected chi connectivity index (χ0v) is 12.7. The zero-order chi connectivity index (χ0) is 15.4. The van der Waals surface area contributed by atoms with Crippen LogP contribution in [0.1, 0.15) is 30.0 Å². The minimum atomic E-state index is -0.221. The van der Waals surface area contributed by atoms with Crippen LogP contribution in [0.2, 0.25) is 0 Å². The number of carbonyl (C=O) groups is 1. The van der Waals surface area contributed by atoms with E-state index < -0.39 is 0 Å². The molecule has 21 heavy (non-hydrogen) atoms. The first-order valence-corrected chi connectivity index (χ1v) is 7.16. The first kappa shape index (κ1) is 15.3. The Labute approximate surface area is 125 Å². The summed E-state index contributed by atoms with van der Waals surface area (Å²) in [6, 6.07) is 11.1. The van der Waals surface area contributed by atoms with Gasteiger partial charge in [-0.1, -0.05) is 30.3 Å². The number of benzene rings is 1. The summed E-state index contributed by atoms with van der Waals surface area (Å²) in [6.07, 6.45) is 0. The van der Waals surface area contributed by atoms with Gasteiger partial charge in [0.1, 0.15) is 11.5 Å². The van der Waals surface area contributed by atoms with Crippen molar-refractivity contribution >= 4 is 5.91 Å². The van der Waals surface area contributed by atoms with Crippen LogP contribution in [0.4, 0.5) is 0 Å². The molecule has 1 aromatic heterocycles. The number of aliphatic hydroxyl groups is 1. The number of likely N-dealkylation sites (N-methyl/N-ethyl adjacent to an activating group) is 1. The number of hydrogen-bond acceptors (Lipinski definition) is 3. The number of furan rings is 1. The summed E-state index contributed by atoms with van der Waals surface area (Å²) < 4.78 is 5.72. The highest BCUT2D eigenvalue weighted by atomic mass is 16.3. The molecule has 2 aromatic rings. The first-order chi connectivity index (χ1) is 10.1. The summed E-state index contributed by atoms with van der Waals surface area (Å²) in [7, 11) is 0. The molecule has 0 aliphatic rings. The number of rotatable bonds is 5. The van der Waals surface area contributed by atoms with Gasteiger partial charge < -0.3 is 14.4 Å². The van der Waals surface area contributed by atoms with E-state index in [1.165, 1.54) is 0 Å². The summed E-state index contributed by atoms with van der Waals surface area (Å²) in [6.45, 7) is 6.04. The number of carbonyl (C=O) groups excluding carboxylic acids is 1. The average Bonchev–Trinajstić information content (AvgIpc) is 2.90. The van der Waals surface area contributed by atoms with Crippen LogP contribution in [-0.4, -0.2) is 35.1 Å². The molecule has 0 radical (unpaired) electrons. The molecule has 0 aliphatic heterocycles. The Morgan fingerprint density at radius 3 is 2.57 bits per heavy atom. The fraction of sp³-hybridized carbons (Fsp3) is 0.353. The van der Waals surface area contributed by atoms with Gasteiger partial charge in [0.05, 0.1) is 18.2 Å². The Kier molecular flexibility index (Phi) is 4.81. The average molecular weight is 287 g/mol. The molecule has 1 N–H and O–H groups in total. The molecule has 0 fully saturated rings. The number of hydrogen-bond donors (Lipinski definition) is 1. The van der Waals surface area contributed by atoms with Crippen molar-refractivity contribution in [1.29, 1.82) is 0 Å². The van der Waals surface area contributed by atoms with Crippen LogP contribution in [0, 0.1) is 6.92 Å². The predicted molar refractivity (Wildman–Crippen MR) is 82.1 cm³/mol. The molecule has 1 atom stereocenters. The number of nitrogens with zero attached hydrogens (tertiary/aromatic N) is 1. The fourth-order valence-electron chi connectivity index (χ4n) is 2.39. The molecule has 1 amide bonds. The molecule has 2 rings (SSSR count). The van der Waals surface area contributed by atoms with Crippen molar-refractivity contribution in [3.63, 3.8) is 0 Å². The Balaban J connectivity index is 2.42. The topological polar surface area (TPSA) is 53.7 Å². The maximum absolute atomic E-state index is 12.7. The zero-order valence-electron chi connectivity index (χ0n) is 12.7. The van der Waals surface area contributed by atoms with Crippen molar-refractivity contribution in [2.75, 3.05) is 13.2 Å². The molecule has 4 heteroatoms. The van der Waals surface area contributed by atoms with E-state index in [0.29, 0.717) is 23.6 Å². The van der Waals surface area contributed by atoms with Gasteiger partial charge in [0.25, 0.3) is 5.91 Å². The van der Waals surface area contributed by atoms with Gasteiger partial charge in [-0.2, -0.15) is 0 Å². The van der Waals surface area contributed by atoms with Crippen LogP contribution in [0.5, 0.6) is 0 Å². The van der Waals surface area contributed by atoms with Gasteiger partial charge in [0.15, 0.2) is 0 Å². The second-order valence-corrected chi connectivity index (χ2v) is 5.09. The molecule has 0 unspecified atom stereocenters. The van der Waals surface area contributed by atoms with Crippen LogP contribution in [-0.2, 0) is 0 Å². The smallest absolute Gasteiger partial charge is 0.258 e. The fourth-order valence-corrected chi connectivity index (χ4v) is 2.39. The Morgan fingerprint density at radius 1 is 1.33 bits per heavy atom. The van der Waals surface area contributed by atoms with E-state index in [-0.39, 0.29) is 18.6 Å². The lowest BCUT2D eigenvalue weighted by atomic mass is 10.1. The molecule has 0 aliphatic carbocycles. The van der Waals surface area contributed by atoms with Gasteiger partial charge in [-0.05, 0) is 26.8 Å². The van der Waals surface area contributed by atoms with E-state index in [1.54, 1.807) is 11.0 Å². The van der Waals surface area contributed by atoms with Crippen molar-refractivity contribution in [3.8, 4) is 11.3 Å². The molecule has 0 spiro atoms. The number of aryl methyl sites for hydroxylation is 1. The largest absolute Gasteiger partial charge is 0.461 e. The molecular weight excluding hydrogens is 266 g/mol. The van der Waals surface area contributed by atoms with Crippen LogP contribution >= 0.6 is 0 Å². The Hall–Kier alpha value is -2.07. The second kappa shape index (κ2) is 6.59. The predicted octanol–water partition coefficient (Wildman–Crippen LogP) is 3.10. The quantitative estimate of drug-likeness (QED) is 0.919. The van der Waals surface area contributed by atoms with Crippen LogP contribution in [0.15, 0.2) is 40.8 Å². The maximum Gasteiger partial charge on any atom is 0.258 e. The van der Waals surface area contributed by atoms with Gasteiger partial charge in [-0.25, -0.2) is 0 Å². The van der Waals surface area contributed by atoms with Crippen LogP contribution in [0.25, 0.3) is 11.3 Å². The van der Waals surface area contributed by atoms with E-state index in [0.717, 1.165) is 5.56 Å². The van der Waals surface area contributed by atoms with E-state index in [1.807, 2.05) is 51.1 Å². The van der Waals surface area contributed by atoms with Crippen molar-refractivity contribution in [1.82, 2.24) is 4.90 Å². The van der Waals surface area contributed by atoms with Gasteiger partial charge in [0.2, 0.25) is 0 Å². The minimum absolute atomic E-state index is 0.0584. The molecule has 1 aromatic carbocycles. The van der Waals surface area contributed by atoms with Crippen LogP contribution in [0.3, 0.4) is 0 Å². The van der Waals surface area contributed by atoms with Crippen molar-refractivity contribution in [3.05, 3.63) is 47.7 Å². The van der Waals surface area contributed by atoms with Crippen molar-refractivity contribution < 1.29 is 14.3 Å². The SMILES string of the molecule is CCN(C(=O)c1cc(C)oc1-c1ccccc1)[C@@H](C)CO. The van der Waals surface area contributed by atoms with Crippen molar-refractivity contribution in [2.45, 2.75) is 26.8 Å². The Bertz CT molecular complexity index is 604. The lowest BCUT2D eigenvalue weighted by Gasteiger charge is -2.26. The number of aliphatic hydroxyl groups excluding tert-OH is 1. The molecule has 0 bridgehead atoms. The highest BCUT2D eigenvalue weighted by molar-refractivity contribution is 6.00. The van der Waals surface area contributed by atoms with E-state index in [4.69, 9.17) is 4.42 Å². The lowest BCUT2D eigenvalue weighted by molar-refractivity contribution is 0.0633. The summed E-state index contributed by atoms with van der Waals surface area (Å²) in [5.74, 6) is 1.17. The van der Waals surface area contributed by atoms with Gasteiger partial charge >= 0.3 is 0 Å². The molecule has 0 saturated carbocycles. The van der Waals surface area contributed by atoms with Crippen LogP contribution < -0.4 is 0 Å². The van der Waals surface area contributed by atoms with E-state index in [9.17, 15) is 9.90 Å². The summed E-state index contributed by atoms with van der Waals surface area (Å²) >= 11 is 0. The van der Waals surface area contributed by atoms with E-state index in [2.05, 4.69) is 0 Å². The molecule has 112 valence electrons. The summed E-state index contributed by atoms with van der Waals surface area (Å²) in [5, 5.41) is 9.31. The van der Waals surface area contributed by atoms with Gasteiger partial charge in [0, 0.05) is 12.1 Å².